The first-order valence-electron chi connectivity index (χ1n) is 9.94. The van der Waals surface area contributed by atoms with Crippen LogP contribution in [0, 0.1) is 6.92 Å². The van der Waals surface area contributed by atoms with Gasteiger partial charge in [0.15, 0.2) is 5.16 Å². The first kappa shape index (κ1) is 23.6. The van der Waals surface area contributed by atoms with Crippen molar-refractivity contribution in [2.75, 3.05) is 23.5 Å². The molecule has 8 nitrogen and oxygen atoms in total. The zero-order valence-corrected chi connectivity index (χ0v) is 19.6. The molecule has 0 aliphatic heterocycles. The van der Waals surface area contributed by atoms with Gasteiger partial charge in [-0.2, -0.15) is 0 Å². The number of nitrogens with one attached hydrogen (secondary N) is 2. The molecule has 10 heteroatoms. The Labute approximate surface area is 195 Å². The Morgan fingerprint density at radius 1 is 1.06 bits per heavy atom. The number of hydrogen-bond acceptors (Lipinski definition) is 6. The number of aryl methyl sites for hydroxylation is 1. The van der Waals surface area contributed by atoms with E-state index in [1.807, 2.05) is 24.5 Å². The standard InChI is InChI=1S/C22H24ClN5O3S/c1-4-28-19(12-20(29)25-16-6-5-14(2)18(23)11-16)26-27-22(28)32-13-21(30)24-15-7-9-17(31-3)10-8-15/h5-11H,4,12-13H2,1-3H3,(H,24,30)(H,25,29). The molecule has 0 saturated heterocycles. The molecular weight excluding hydrogens is 450 g/mol. The van der Waals surface area contributed by atoms with Crippen molar-refractivity contribution < 1.29 is 14.3 Å². The van der Waals surface area contributed by atoms with E-state index in [1.54, 1.807) is 43.5 Å². The number of benzene rings is 2. The topological polar surface area (TPSA) is 98.1 Å². The summed E-state index contributed by atoms with van der Waals surface area (Å²) >= 11 is 7.38. The van der Waals surface area contributed by atoms with Crippen LogP contribution >= 0.6 is 23.4 Å². The summed E-state index contributed by atoms with van der Waals surface area (Å²) in [4.78, 5) is 24.7. The van der Waals surface area contributed by atoms with Crippen molar-refractivity contribution in [1.29, 1.82) is 0 Å². The summed E-state index contributed by atoms with van der Waals surface area (Å²) in [5.74, 6) is 1.03. The molecule has 0 saturated carbocycles. The molecule has 3 rings (SSSR count). The Bertz CT molecular complexity index is 1100. The van der Waals surface area contributed by atoms with Crippen LogP contribution in [0.15, 0.2) is 47.6 Å². The predicted molar refractivity (Wildman–Crippen MR) is 127 cm³/mol. The second kappa shape index (κ2) is 11.0. The number of carbonyl (C=O) groups is 2. The molecule has 2 amide bonds. The van der Waals surface area contributed by atoms with Gasteiger partial charge in [-0.25, -0.2) is 0 Å². The van der Waals surface area contributed by atoms with Crippen molar-refractivity contribution in [2.24, 2.45) is 0 Å². The van der Waals surface area contributed by atoms with Crippen molar-refractivity contribution in [3.63, 3.8) is 0 Å². The van der Waals surface area contributed by atoms with E-state index in [2.05, 4.69) is 20.8 Å². The van der Waals surface area contributed by atoms with Crippen LogP contribution in [0.4, 0.5) is 11.4 Å². The molecule has 0 bridgehead atoms. The monoisotopic (exact) mass is 473 g/mol. The molecule has 168 valence electrons. The average molecular weight is 474 g/mol. The molecule has 2 N–H and O–H groups in total. The number of nitrogens with zero attached hydrogens (tertiary/aromatic N) is 3. The molecular formula is C22H24ClN5O3S. The minimum absolute atomic E-state index is 0.0605. The summed E-state index contributed by atoms with van der Waals surface area (Å²) in [6.07, 6.45) is 0.0605. The van der Waals surface area contributed by atoms with Crippen LogP contribution in [0.5, 0.6) is 5.75 Å². The van der Waals surface area contributed by atoms with Crippen molar-refractivity contribution in [3.05, 3.63) is 58.9 Å². The van der Waals surface area contributed by atoms with E-state index in [1.165, 1.54) is 11.8 Å². The number of halogens is 1. The highest BCUT2D eigenvalue weighted by atomic mass is 35.5. The SMILES string of the molecule is CCn1c(CC(=O)Nc2ccc(C)c(Cl)c2)nnc1SCC(=O)Nc1ccc(OC)cc1. The van der Waals surface area contributed by atoms with Gasteiger partial charge in [0, 0.05) is 22.9 Å². The fraction of sp³-hybridized carbons (Fsp3) is 0.273. The van der Waals surface area contributed by atoms with E-state index in [0.29, 0.717) is 33.9 Å². The molecule has 0 radical (unpaired) electrons. The molecule has 0 atom stereocenters. The number of hydrogen-bond donors (Lipinski definition) is 2. The fourth-order valence-corrected chi connectivity index (χ4v) is 3.90. The van der Waals surface area contributed by atoms with E-state index in [4.69, 9.17) is 16.3 Å². The quantitative estimate of drug-likeness (QED) is 0.452. The highest BCUT2D eigenvalue weighted by Gasteiger charge is 2.16. The lowest BCUT2D eigenvalue weighted by Crippen LogP contribution is -2.18. The Morgan fingerprint density at radius 3 is 2.41 bits per heavy atom. The molecule has 3 aromatic rings. The Balaban J connectivity index is 1.56. The van der Waals surface area contributed by atoms with E-state index in [-0.39, 0.29) is 24.0 Å². The molecule has 0 aliphatic rings. The average Bonchev–Trinajstić information content (AvgIpc) is 3.16. The highest BCUT2D eigenvalue weighted by Crippen LogP contribution is 2.21. The first-order chi connectivity index (χ1) is 15.4. The van der Waals surface area contributed by atoms with Crippen LogP contribution < -0.4 is 15.4 Å². The number of thioether (sulfide) groups is 1. The summed E-state index contributed by atoms with van der Waals surface area (Å²) in [5.41, 5.74) is 2.24. The Hall–Kier alpha value is -3.04. The van der Waals surface area contributed by atoms with Gasteiger partial charge >= 0.3 is 0 Å². The zero-order chi connectivity index (χ0) is 23.1. The number of ether oxygens (including phenoxy) is 1. The maximum atomic E-state index is 12.5. The van der Waals surface area contributed by atoms with Crippen molar-refractivity contribution in [3.8, 4) is 5.75 Å². The van der Waals surface area contributed by atoms with Crippen LogP contribution in [-0.4, -0.2) is 39.4 Å². The maximum Gasteiger partial charge on any atom is 0.234 e. The van der Waals surface area contributed by atoms with Gasteiger partial charge in [-0.3, -0.25) is 9.59 Å². The fourth-order valence-electron chi connectivity index (χ4n) is 2.90. The summed E-state index contributed by atoms with van der Waals surface area (Å²) in [6.45, 7) is 4.41. The number of rotatable bonds is 9. The number of anilines is 2. The van der Waals surface area contributed by atoms with E-state index in [0.717, 1.165) is 11.3 Å². The lowest BCUT2D eigenvalue weighted by Gasteiger charge is -2.09. The molecule has 0 fully saturated rings. The summed E-state index contributed by atoms with van der Waals surface area (Å²) in [5, 5.41) is 15.1. The third-order valence-corrected chi connectivity index (χ3v) is 5.96. The predicted octanol–water partition coefficient (Wildman–Crippen LogP) is 4.18. The van der Waals surface area contributed by atoms with Gasteiger partial charge in [-0.1, -0.05) is 29.4 Å². The Morgan fingerprint density at radius 2 is 1.75 bits per heavy atom. The van der Waals surface area contributed by atoms with Gasteiger partial charge in [0.05, 0.1) is 19.3 Å². The maximum absolute atomic E-state index is 12.5. The smallest absolute Gasteiger partial charge is 0.234 e. The van der Waals surface area contributed by atoms with E-state index in [9.17, 15) is 9.59 Å². The minimum Gasteiger partial charge on any atom is -0.497 e. The summed E-state index contributed by atoms with van der Waals surface area (Å²) in [7, 11) is 1.59. The molecule has 0 unspecified atom stereocenters. The second-order valence-corrected chi connectivity index (χ2v) is 8.25. The van der Waals surface area contributed by atoms with E-state index < -0.39 is 0 Å². The van der Waals surface area contributed by atoms with Crippen molar-refractivity contribution >= 4 is 46.6 Å². The molecule has 32 heavy (non-hydrogen) atoms. The van der Waals surface area contributed by atoms with Crippen LogP contribution in [0.3, 0.4) is 0 Å². The summed E-state index contributed by atoms with van der Waals surface area (Å²) in [6, 6.07) is 12.4. The zero-order valence-electron chi connectivity index (χ0n) is 18.0. The first-order valence-corrected chi connectivity index (χ1v) is 11.3. The second-order valence-electron chi connectivity index (χ2n) is 6.90. The van der Waals surface area contributed by atoms with Gasteiger partial charge in [0.2, 0.25) is 11.8 Å². The number of methoxy groups -OCH3 is 1. The van der Waals surface area contributed by atoms with Crippen LogP contribution in [0.25, 0.3) is 0 Å². The van der Waals surface area contributed by atoms with Gasteiger partial charge in [-0.15, -0.1) is 10.2 Å². The third kappa shape index (κ3) is 6.24. The van der Waals surface area contributed by atoms with Gasteiger partial charge in [-0.05, 0) is 55.8 Å². The lowest BCUT2D eigenvalue weighted by molar-refractivity contribution is -0.116. The van der Waals surface area contributed by atoms with Gasteiger partial charge < -0.3 is 19.9 Å². The highest BCUT2D eigenvalue weighted by molar-refractivity contribution is 7.99. The lowest BCUT2D eigenvalue weighted by atomic mass is 10.2. The van der Waals surface area contributed by atoms with Gasteiger partial charge in [0.1, 0.15) is 11.6 Å². The number of carbonyl (C=O) groups excluding carboxylic acids is 2. The normalized spacial score (nSPS) is 10.6. The third-order valence-electron chi connectivity index (χ3n) is 4.59. The molecule has 0 spiro atoms. The largest absolute Gasteiger partial charge is 0.497 e. The van der Waals surface area contributed by atoms with Crippen LogP contribution in [0.1, 0.15) is 18.3 Å². The molecule has 1 heterocycles. The summed E-state index contributed by atoms with van der Waals surface area (Å²) < 4.78 is 6.94. The van der Waals surface area contributed by atoms with Crippen molar-refractivity contribution in [2.45, 2.75) is 32.0 Å². The van der Waals surface area contributed by atoms with E-state index >= 15 is 0 Å². The van der Waals surface area contributed by atoms with Crippen molar-refractivity contribution in [1.82, 2.24) is 14.8 Å². The molecule has 1 aromatic heterocycles. The van der Waals surface area contributed by atoms with Gasteiger partial charge in [0.25, 0.3) is 0 Å². The van der Waals surface area contributed by atoms with Crippen LogP contribution in [0.2, 0.25) is 5.02 Å². The minimum atomic E-state index is -0.221. The molecule has 0 aliphatic carbocycles. The van der Waals surface area contributed by atoms with Crippen LogP contribution in [-0.2, 0) is 22.6 Å². The Kier molecular flexibility index (Phi) is 8.13. The molecule has 2 aromatic carbocycles. The number of aromatic nitrogens is 3. The number of amides is 2.